The summed E-state index contributed by atoms with van der Waals surface area (Å²) < 4.78 is 1.99. The zero-order valence-electron chi connectivity index (χ0n) is 16.1. The molecule has 1 saturated heterocycles. The third kappa shape index (κ3) is 3.31. The van der Waals surface area contributed by atoms with Gasteiger partial charge in [-0.3, -0.25) is 4.57 Å². The van der Waals surface area contributed by atoms with Gasteiger partial charge in [-0.25, -0.2) is 15.0 Å². The summed E-state index contributed by atoms with van der Waals surface area (Å²) in [4.78, 5) is 16.6. The first-order chi connectivity index (χ1) is 14.2. The van der Waals surface area contributed by atoms with Crippen molar-refractivity contribution in [3.63, 3.8) is 0 Å². The van der Waals surface area contributed by atoms with Gasteiger partial charge in [-0.2, -0.15) is 11.8 Å². The first kappa shape index (κ1) is 18.0. The Kier molecular flexibility index (Phi) is 4.60. The van der Waals surface area contributed by atoms with Crippen LogP contribution in [0, 0.1) is 6.92 Å². The minimum Gasteiger partial charge on any atom is -0.507 e. The lowest BCUT2D eigenvalue weighted by Gasteiger charge is -2.27. The highest BCUT2D eigenvalue weighted by Gasteiger charge is 2.22. The lowest BCUT2D eigenvalue weighted by atomic mass is 10.2. The Labute approximate surface area is 173 Å². The first-order valence-electron chi connectivity index (χ1n) is 9.64. The van der Waals surface area contributed by atoms with Gasteiger partial charge in [-0.05, 0) is 31.2 Å². The van der Waals surface area contributed by atoms with Crippen LogP contribution in [0.2, 0.25) is 0 Å². The number of aromatic hydroxyl groups is 1. The minimum atomic E-state index is 0.174. The highest BCUT2D eigenvalue weighted by molar-refractivity contribution is 7.99. The maximum Gasteiger partial charge on any atom is 0.170 e. The lowest BCUT2D eigenvalue weighted by molar-refractivity contribution is 0.477. The van der Waals surface area contributed by atoms with Crippen molar-refractivity contribution in [2.75, 3.05) is 29.5 Å². The number of hydrogen-bond acceptors (Lipinski definition) is 6. The van der Waals surface area contributed by atoms with E-state index in [9.17, 15) is 5.11 Å². The van der Waals surface area contributed by atoms with Gasteiger partial charge in [0.25, 0.3) is 0 Å². The quantitative estimate of drug-likeness (QED) is 0.557. The smallest absolute Gasteiger partial charge is 0.170 e. The summed E-state index contributed by atoms with van der Waals surface area (Å²) in [7, 11) is 0. The molecular weight excluding hydrogens is 382 g/mol. The Bertz CT molecular complexity index is 1170. The SMILES string of the molecule is Cc1ccc(-n2cnc3c(N4CCSCC4)nc(-c4ccccc4O)nc32)cc1. The van der Waals surface area contributed by atoms with E-state index in [2.05, 4.69) is 41.1 Å². The van der Waals surface area contributed by atoms with Crippen LogP contribution in [0.25, 0.3) is 28.2 Å². The van der Waals surface area contributed by atoms with Gasteiger partial charge in [0, 0.05) is 30.3 Å². The number of aromatic nitrogens is 4. The number of nitrogens with zero attached hydrogens (tertiary/aromatic N) is 5. The van der Waals surface area contributed by atoms with Crippen LogP contribution in [-0.4, -0.2) is 49.2 Å². The van der Waals surface area contributed by atoms with Gasteiger partial charge < -0.3 is 10.0 Å². The minimum absolute atomic E-state index is 0.174. The van der Waals surface area contributed by atoms with E-state index in [-0.39, 0.29) is 5.75 Å². The number of fused-ring (bicyclic) bond motifs is 1. The molecule has 5 rings (SSSR count). The number of anilines is 1. The fourth-order valence-electron chi connectivity index (χ4n) is 3.56. The molecule has 7 heteroatoms. The number of hydrogen-bond donors (Lipinski definition) is 1. The van der Waals surface area contributed by atoms with E-state index in [0.717, 1.165) is 47.3 Å². The van der Waals surface area contributed by atoms with Crippen molar-refractivity contribution in [2.45, 2.75) is 6.92 Å². The van der Waals surface area contributed by atoms with Gasteiger partial charge >= 0.3 is 0 Å². The van der Waals surface area contributed by atoms with Crippen LogP contribution in [0.1, 0.15) is 5.56 Å². The highest BCUT2D eigenvalue weighted by atomic mass is 32.2. The van der Waals surface area contributed by atoms with Crippen LogP contribution in [0.5, 0.6) is 5.75 Å². The average molecular weight is 404 g/mol. The van der Waals surface area contributed by atoms with Crippen molar-refractivity contribution in [3.8, 4) is 22.8 Å². The molecule has 1 N–H and O–H groups in total. The topological polar surface area (TPSA) is 67.1 Å². The Hall–Kier alpha value is -3.06. The van der Waals surface area contributed by atoms with Crippen molar-refractivity contribution in [1.29, 1.82) is 0 Å². The van der Waals surface area contributed by atoms with Gasteiger partial charge in [0.1, 0.15) is 12.1 Å². The Balaban J connectivity index is 1.74. The molecule has 0 saturated carbocycles. The maximum atomic E-state index is 10.4. The summed E-state index contributed by atoms with van der Waals surface area (Å²) in [5.74, 6) is 3.65. The van der Waals surface area contributed by atoms with Crippen LogP contribution in [0.15, 0.2) is 54.9 Å². The monoisotopic (exact) mass is 403 g/mol. The first-order valence-corrected chi connectivity index (χ1v) is 10.8. The Morgan fingerprint density at radius 2 is 1.72 bits per heavy atom. The average Bonchev–Trinajstić information content (AvgIpc) is 3.18. The molecule has 6 nitrogen and oxygen atoms in total. The molecule has 3 heterocycles. The molecule has 29 heavy (non-hydrogen) atoms. The fourth-order valence-corrected chi connectivity index (χ4v) is 4.46. The summed E-state index contributed by atoms with van der Waals surface area (Å²) in [5.41, 5.74) is 4.36. The largest absolute Gasteiger partial charge is 0.507 e. The summed E-state index contributed by atoms with van der Waals surface area (Å²) in [6.07, 6.45) is 1.81. The number of aryl methyl sites for hydroxylation is 1. The van der Waals surface area contributed by atoms with Gasteiger partial charge in [-0.15, -0.1) is 0 Å². The van der Waals surface area contributed by atoms with E-state index in [1.807, 2.05) is 28.5 Å². The number of para-hydroxylation sites is 1. The molecule has 2 aromatic heterocycles. The van der Waals surface area contributed by atoms with E-state index in [1.54, 1.807) is 18.5 Å². The molecule has 0 aliphatic carbocycles. The van der Waals surface area contributed by atoms with E-state index < -0.39 is 0 Å². The predicted octanol–water partition coefficient (Wildman–Crippen LogP) is 4.05. The summed E-state index contributed by atoms with van der Waals surface area (Å²) in [6.45, 7) is 3.92. The third-order valence-electron chi connectivity index (χ3n) is 5.15. The van der Waals surface area contributed by atoms with E-state index >= 15 is 0 Å². The Morgan fingerprint density at radius 1 is 0.966 bits per heavy atom. The fraction of sp³-hybridized carbons (Fsp3) is 0.227. The van der Waals surface area contributed by atoms with Crippen molar-refractivity contribution >= 4 is 28.7 Å². The van der Waals surface area contributed by atoms with Crippen molar-refractivity contribution in [1.82, 2.24) is 19.5 Å². The van der Waals surface area contributed by atoms with Crippen molar-refractivity contribution in [3.05, 3.63) is 60.4 Å². The number of phenols is 1. The second-order valence-corrected chi connectivity index (χ2v) is 8.33. The van der Waals surface area contributed by atoms with Crippen LogP contribution in [-0.2, 0) is 0 Å². The molecule has 1 aliphatic rings. The maximum absolute atomic E-state index is 10.4. The van der Waals surface area contributed by atoms with Gasteiger partial charge in [0.15, 0.2) is 22.8 Å². The number of thioether (sulfide) groups is 1. The molecule has 0 atom stereocenters. The Morgan fingerprint density at radius 3 is 2.48 bits per heavy atom. The van der Waals surface area contributed by atoms with Crippen LogP contribution in [0.3, 0.4) is 0 Å². The molecule has 1 aliphatic heterocycles. The van der Waals surface area contributed by atoms with Crippen LogP contribution < -0.4 is 4.90 Å². The molecular formula is C22H21N5OS. The van der Waals surface area contributed by atoms with E-state index in [4.69, 9.17) is 9.97 Å². The highest BCUT2D eigenvalue weighted by Crippen LogP contribution is 2.32. The molecule has 1 fully saturated rings. The number of benzene rings is 2. The van der Waals surface area contributed by atoms with Crippen LogP contribution in [0.4, 0.5) is 5.82 Å². The number of rotatable bonds is 3. The molecule has 4 aromatic rings. The standard InChI is InChI=1S/C22H21N5OS/c1-15-6-8-16(9-7-15)27-14-23-19-21(26-10-12-29-13-11-26)24-20(25-22(19)27)17-4-2-3-5-18(17)28/h2-9,14,28H,10-13H2,1H3. The van der Waals surface area contributed by atoms with Crippen LogP contribution >= 0.6 is 11.8 Å². The van der Waals surface area contributed by atoms with Crippen molar-refractivity contribution in [2.24, 2.45) is 0 Å². The van der Waals surface area contributed by atoms with Gasteiger partial charge in [0.2, 0.25) is 0 Å². The molecule has 146 valence electrons. The zero-order valence-corrected chi connectivity index (χ0v) is 16.9. The zero-order chi connectivity index (χ0) is 19.8. The molecule has 0 unspecified atom stereocenters. The summed E-state index contributed by atoms with van der Waals surface area (Å²) in [6, 6.07) is 15.5. The van der Waals surface area contributed by atoms with Gasteiger partial charge in [0.05, 0.1) is 5.56 Å². The molecule has 0 bridgehead atoms. The normalized spacial score (nSPS) is 14.4. The summed E-state index contributed by atoms with van der Waals surface area (Å²) >= 11 is 1.95. The number of phenolic OH excluding ortho intramolecular Hbond substituents is 1. The number of imidazole rings is 1. The third-order valence-corrected chi connectivity index (χ3v) is 6.09. The second-order valence-electron chi connectivity index (χ2n) is 7.11. The molecule has 0 spiro atoms. The van der Waals surface area contributed by atoms with Gasteiger partial charge in [-0.1, -0.05) is 29.8 Å². The molecule has 0 radical (unpaired) electrons. The second kappa shape index (κ2) is 7.40. The van der Waals surface area contributed by atoms with Crippen molar-refractivity contribution < 1.29 is 5.11 Å². The van der Waals surface area contributed by atoms with E-state index in [0.29, 0.717) is 11.4 Å². The lowest BCUT2D eigenvalue weighted by Crippen LogP contribution is -2.33. The predicted molar refractivity (Wildman–Crippen MR) is 118 cm³/mol. The van der Waals surface area contributed by atoms with E-state index in [1.165, 1.54) is 5.56 Å². The summed E-state index contributed by atoms with van der Waals surface area (Å²) in [5, 5.41) is 10.4. The molecule has 2 aromatic carbocycles. The molecule has 0 amide bonds.